The van der Waals surface area contributed by atoms with Crippen LogP contribution in [-0.2, 0) is 14.6 Å². The fourth-order valence-corrected chi connectivity index (χ4v) is 4.22. The minimum absolute atomic E-state index is 0.0998. The van der Waals surface area contributed by atoms with Gasteiger partial charge in [0.2, 0.25) is 0 Å². The number of hydrogen-bond donors (Lipinski definition) is 1. The van der Waals surface area contributed by atoms with Crippen molar-refractivity contribution in [3.63, 3.8) is 0 Å². The molecule has 0 radical (unpaired) electrons. The third-order valence-corrected chi connectivity index (χ3v) is 5.64. The number of rotatable bonds is 7. The van der Waals surface area contributed by atoms with E-state index in [0.717, 1.165) is 19.4 Å². The molecule has 1 saturated heterocycles. The number of sulfone groups is 1. The van der Waals surface area contributed by atoms with Gasteiger partial charge < -0.3 is 10.1 Å². The van der Waals surface area contributed by atoms with Crippen molar-refractivity contribution in [2.24, 2.45) is 0 Å². The van der Waals surface area contributed by atoms with Gasteiger partial charge in [-0.2, -0.15) is 0 Å². The zero-order valence-electron chi connectivity index (χ0n) is 10.9. The van der Waals surface area contributed by atoms with Gasteiger partial charge in [0, 0.05) is 19.3 Å². The van der Waals surface area contributed by atoms with Crippen LogP contribution in [0.5, 0.6) is 0 Å². The van der Waals surface area contributed by atoms with Crippen molar-refractivity contribution >= 4 is 9.84 Å². The minimum Gasteiger partial charge on any atom is -0.381 e. The fourth-order valence-electron chi connectivity index (χ4n) is 2.12. The number of ether oxygens (including phenoxy) is 1. The summed E-state index contributed by atoms with van der Waals surface area (Å²) in [6, 6.07) is 0.0998. The summed E-state index contributed by atoms with van der Waals surface area (Å²) in [4.78, 5) is 0. The van der Waals surface area contributed by atoms with Crippen LogP contribution in [0.25, 0.3) is 0 Å². The Labute approximate surface area is 105 Å². The summed E-state index contributed by atoms with van der Waals surface area (Å²) in [6.07, 6.45) is 3.22. The summed E-state index contributed by atoms with van der Waals surface area (Å²) in [6.45, 7) is 6.19. The van der Waals surface area contributed by atoms with Gasteiger partial charge in [-0.15, -0.1) is 0 Å². The Morgan fingerprint density at radius 3 is 2.47 bits per heavy atom. The number of nitrogens with one attached hydrogen (secondary N) is 1. The molecule has 102 valence electrons. The van der Waals surface area contributed by atoms with Gasteiger partial charge in [0.15, 0.2) is 9.84 Å². The zero-order valence-corrected chi connectivity index (χ0v) is 11.8. The van der Waals surface area contributed by atoms with Crippen LogP contribution in [0.1, 0.15) is 39.5 Å². The summed E-state index contributed by atoms with van der Waals surface area (Å²) >= 11 is 0. The van der Waals surface area contributed by atoms with Gasteiger partial charge in [-0.1, -0.05) is 13.8 Å². The fraction of sp³-hybridized carbons (Fsp3) is 1.00. The molecule has 4 nitrogen and oxygen atoms in total. The van der Waals surface area contributed by atoms with Gasteiger partial charge in [-0.05, 0) is 32.2 Å². The molecular formula is C12H25NO3S. The predicted molar refractivity (Wildman–Crippen MR) is 70.0 cm³/mol. The van der Waals surface area contributed by atoms with Crippen LogP contribution in [0.3, 0.4) is 0 Å². The quantitative estimate of drug-likeness (QED) is 0.753. The summed E-state index contributed by atoms with van der Waals surface area (Å²) in [5, 5.41) is 3.12. The molecule has 1 aliphatic heterocycles. The second kappa shape index (κ2) is 7.34. The highest BCUT2D eigenvalue weighted by molar-refractivity contribution is 7.92. The van der Waals surface area contributed by atoms with E-state index in [-0.39, 0.29) is 17.0 Å². The van der Waals surface area contributed by atoms with Gasteiger partial charge in [0.25, 0.3) is 0 Å². The summed E-state index contributed by atoms with van der Waals surface area (Å²) in [7, 11) is -2.97. The van der Waals surface area contributed by atoms with Crippen LogP contribution in [0, 0.1) is 0 Å². The molecule has 1 fully saturated rings. The molecule has 1 rings (SSSR count). The molecule has 1 atom stereocenters. The van der Waals surface area contributed by atoms with E-state index in [1.54, 1.807) is 0 Å². The first-order valence-corrected chi connectivity index (χ1v) is 8.34. The van der Waals surface area contributed by atoms with Crippen molar-refractivity contribution in [3.8, 4) is 0 Å². The zero-order chi connectivity index (χ0) is 12.7. The van der Waals surface area contributed by atoms with E-state index < -0.39 is 9.84 Å². The molecule has 5 heteroatoms. The second-order valence-electron chi connectivity index (χ2n) is 4.70. The average Bonchev–Trinajstić information content (AvgIpc) is 2.35. The molecular weight excluding hydrogens is 238 g/mol. The van der Waals surface area contributed by atoms with Crippen LogP contribution < -0.4 is 5.32 Å². The molecule has 0 aromatic rings. The van der Waals surface area contributed by atoms with Crippen LogP contribution >= 0.6 is 0 Å². The second-order valence-corrected chi connectivity index (χ2v) is 7.03. The van der Waals surface area contributed by atoms with Gasteiger partial charge >= 0.3 is 0 Å². The maximum Gasteiger partial charge on any atom is 0.154 e. The van der Waals surface area contributed by atoms with Crippen LogP contribution in [0.4, 0.5) is 0 Å². The van der Waals surface area contributed by atoms with Crippen LogP contribution in [0.2, 0.25) is 0 Å². The first kappa shape index (κ1) is 14.9. The molecule has 0 saturated carbocycles. The molecule has 1 N–H and O–H groups in total. The Morgan fingerprint density at radius 2 is 1.94 bits per heavy atom. The van der Waals surface area contributed by atoms with Crippen molar-refractivity contribution in [2.45, 2.75) is 50.8 Å². The van der Waals surface area contributed by atoms with E-state index in [1.165, 1.54) is 0 Å². The van der Waals surface area contributed by atoms with E-state index in [2.05, 4.69) is 12.2 Å². The molecule has 0 aromatic heterocycles. The van der Waals surface area contributed by atoms with Crippen LogP contribution in [0.15, 0.2) is 0 Å². The summed E-state index contributed by atoms with van der Waals surface area (Å²) in [5.74, 6) is 0.272. The summed E-state index contributed by atoms with van der Waals surface area (Å²) in [5.41, 5.74) is 0. The third-order valence-electron chi connectivity index (χ3n) is 3.29. The third kappa shape index (κ3) is 4.94. The lowest BCUT2D eigenvalue weighted by atomic mass is 10.2. The van der Waals surface area contributed by atoms with Gasteiger partial charge in [0.05, 0.1) is 11.0 Å². The van der Waals surface area contributed by atoms with Crippen molar-refractivity contribution in [1.29, 1.82) is 0 Å². The van der Waals surface area contributed by atoms with Crippen molar-refractivity contribution in [2.75, 3.05) is 25.5 Å². The van der Waals surface area contributed by atoms with Crippen LogP contribution in [-0.4, -0.2) is 45.2 Å². The molecule has 1 heterocycles. The van der Waals surface area contributed by atoms with Crippen molar-refractivity contribution in [3.05, 3.63) is 0 Å². The highest BCUT2D eigenvalue weighted by Gasteiger charge is 2.29. The molecule has 0 aliphatic carbocycles. The van der Waals surface area contributed by atoms with Crippen molar-refractivity contribution < 1.29 is 13.2 Å². The Bertz CT molecular complexity index is 297. The van der Waals surface area contributed by atoms with Gasteiger partial charge in [0.1, 0.15) is 0 Å². The SMILES string of the molecule is CCCNC(CC)CS(=O)(=O)C1CCOCC1. The molecule has 1 aliphatic rings. The molecule has 1 unspecified atom stereocenters. The Balaban J connectivity index is 2.50. The summed E-state index contributed by atoms with van der Waals surface area (Å²) < 4.78 is 29.7. The molecule has 0 bridgehead atoms. The first-order chi connectivity index (χ1) is 8.10. The maximum atomic E-state index is 12.2. The lowest BCUT2D eigenvalue weighted by Gasteiger charge is -2.25. The van der Waals surface area contributed by atoms with Gasteiger partial charge in [-0.25, -0.2) is 8.42 Å². The average molecular weight is 263 g/mol. The van der Waals surface area contributed by atoms with Crippen molar-refractivity contribution in [1.82, 2.24) is 5.32 Å². The number of hydrogen-bond acceptors (Lipinski definition) is 4. The highest BCUT2D eigenvalue weighted by Crippen LogP contribution is 2.17. The maximum absolute atomic E-state index is 12.2. The lowest BCUT2D eigenvalue weighted by molar-refractivity contribution is 0.0983. The minimum atomic E-state index is -2.97. The van der Waals surface area contributed by atoms with E-state index >= 15 is 0 Å². The smallest absolute Gasteiger partial charge is 0.154 e. The Kier molecular flexibility index (Phi) is 6.44. The molecule has 0 aromatic carbocycles. The standard InChI is InChI=1S/C12H25NO3S/c1-3-7-13-11(4-2)10-17(14,15)12-5-8-16-9-6-12/h11-13H,3-10H2,1-2H3. The monoisotopic (exact) mass is 263 g/mol. The highest BCUT2D eigenvalue weighted by atomic mass is 32.2. The normalized spacial score (nSPS) is 20.4. The predicted octanol–water partition coefficient (Wildman–Crippen LogP) is 1.36. The van der Waals surface area contributed by atoms with E-state index in [0.29, 0.717) is 26.1 Å². The Morgan fingerprint density at radius 1 is 1.29 bits per heavy atom. The molecule has 0 amide bonds. The van der Waals surface area contributed by atoms with E-state index in [9.17, 15) is 8.42 Å². The molecule has 0 spiro atoms. The van der Waals surface area contributed by atoms with E-state index in [1.807, 2.05) is 6.92 Å². The first-order valence-electron chi connectivity index (χ1n) is 6.62. The lowest BCUT2D eigenvalue weighted by Crippen LogP contribution is -2.40. The largest absolute Gasteiger partial charge is 0.381 e. The van der Waals surface area contributed by atoms with E-state index in [4.69, 9.17) is 4.74 Å². The topological polar surface area (TPSA) is 55.4 Å². The van der Waals surface area contributed by atoms with Gasteiger partial charge in [-0.3, -0.25) is 0 Å². The molecule has 17 heavy (non-hydrogen) atoms. The Hall–Kier alpha value is -0.130.